The smallest absolute Gasteiger partial charge is 0.549 e. The molecule has 3 nitrogen and oxygen atoms in total. The third kappa shape index (κ3) is 4.81. The Labute approximate surface area is 108 Å². The quantitative estimate of drug-likeness (QED) is 0.519. The molecule has 0 fully saturated rings. The van der Waals surface area contributed by atoms with Gasteiger partial charge in [-0.25, -0.2) is 0 Å². The number of carbonyl (C=O) groups is 2. The minimum Gasteiger partial charge on any atom is -0.549 e. The van der Waals surface area contributed by atoms with Crippen LogP contribution < -0.4 is 34.7 Å². The van der Waals surface area contributed by atoms with Crippen molar-refractivity contribution in [3.8, 4) is 0 Å². The summed E-state index contributed by atoms with van der Waals surface area (Å²) < 4.78 is 0. The van der Waals surface area contributed by atoms with Gasteiger partial charge in [0.2, 0.25) is 5.12 Å². The molecule has 1 aromatic rings. The molecule has 0 spiro atoms. The number of carboxylic acids is 1. The molecule has 0 aliphatic heterocycles. The van der Waals surface area contributed by atoms with Gasteiger partial charge in [0.1, 0.15) is 0 Å². The second-order valence-corrected chi connectivity index (χ2v) is 3.26. The molecule has 1 aromatic carbocycles. The summed E-state index contributed by atoms with van der Waals surface area (Å²) in [4.78, 5) is 21.3. The van der Waals surface area contributed by atoms with Crippen molar-refractivity contribution < 1.29 is 44.3 Å². The molecule has 0 bridgehead atoms. The number of hydrogen-bond donors (Lipinski definition) is 0. The molecule has 0 aliphatic carbocycles. The molecule has 0 heterocycles. The van der Waals surface area contributed by atoms with E-state index < -0.39 is 5.97 Å². The van der Waals surface area contributed by atoms with Crippen LogP contribution >= 0.6 is 11.8 Å². The molecule has 0 saturated heterocycles. The van der Waals surface area contributed by atoms with E-state index in [9.17, 15) is 14.7 Å². The third-order valence-corrected chi connectivity index (χ3v) is 2.21. The molecule has 0 aliphatic rings. The Morgan fingerprint density at radius 1 is 1.21 bits per heavy atom. The van der Waals surface area contributed by atoms with E-state index in [1.54, 1.807) is 30.3 Å². The SMILES string of the molecule is O=C([O-])CSC(=O)c1ccccc1.[Na+]. The molecule has 0 saturated carbocycles. The Bertz CT molecular complexity index is 313. The molecule has 0 unspecified atom stereocenters. The van der Waals surface area contributed by atoms with Gasteiger partial charge >= 0.3 is 29.6 Å². The summed E-state index contributed by atoms with van der Waals surface area (Å²) in [5.74, 6) is -1.53. The molecule has 68 valence electrons. The Morgan fingerprint density at radius 2 is 1.79 bits per heavy atom. The first-order chi connectivity index (χ1) is 6.20. The predicted octanol–water partition coefficient (Wildman–Crippen LogP) is -2.69. The van der Waals surface area contributed by atoms with Gasteiger partial charge in [-0.2, -0.15) is 0 Å². The van der Waals surface area contributed by atoms with E-state index in [-0.39, 0.29) is 40.4 Å². The van der Waals surface area contributed by atoms with Crippen molar-refractivity contribution in [1.82, 2.24) is 0 Å². The van der Waals surface area contributed by atoms with Crippen LogP contribution in [-0.2, 0) is 4.79 Å². The fourth-order valence-corrected chi connectivity index (χ4v) is 1.33. The van der Waals surface area contributed by atoms with Crippen molar-refractivity contribution >= 4 is 22.8 Å². The van der Waals surface area contributed by atoms with Crippen LogP contribution in [0.1, 0.15) is 10.4 Å². The van der Waals surface area contributed by atoms with Crippen LogP contribution in [0.2, 0.25) is 0 Å². The van der Waals surface area contributed by atoms with Crippen molar-refractivity contribution in [2.24, 2.45) is 0 Å². The topological polar surface area (TPSA) is 57.2 Å². The van der Waals surface area contributed by atoms with Gasteiger partial charge in [0.25, 0.3) is 0 Å². The minimum absolute atomic E-state index is 0. The van der Waals surface area contributed by atoms with E-state index in [2.05, 4.69) is 0 Å². The zero-order valence-electron chi connectivity index (χ0n) is 7.73. The maximum atomic E-state index is 11.2. The van der Waals surface area contributed by atoms with Crippen LogP contribution in [0, 0.1) is 0 Å². The monoisotopic (exact) mass is 218 g/mol. The maximum absolute atomic E-state index is 11.2. The summed E-state index contributed by atoms with van der Waals surface area (Å²) in [6.45, 7) is 0. The summed E-state index contributed by atoms with van der Waals surface area (Å²) in [7, 11) is 0. The molecule has 5 heteroatoms. The van der Waals surface area contributed by atoms with Crippen LogP contribution in [0.25, 0.3) is 0 Å². The Morgan fingerprint density at radius 3 is 2.29 bits per heavy atom. The van der Waals surface area contributed by atoms with E-state index in [1.807, 2.05) is 0 Å². The number of thioether (sulfide) groups is 1. The van der Waals surface area contributed by atoms with Gasteiger partial charge < -0.3 is 9.90 Å². The Kier molecular flexibility index (Phi) is 6.92. The largest absolute Gasteiger partial charge is 1.00 e. The van der Waals surface area contributed by atoms with Gasteiger partial charge in [0.05, 0.1) is 5.97 Å². The zero-order chi connectivity index (χ0) is 9.68. The normalized spacial score (nSPS) is 8.86. The molecular weight excluding hydrogens is 211 g/mol. The molecule has 0 radical (unpaired) electrons. The number of carbonyl (C=O) groups excluding carboxylic acids is 2. The first-order valence-electron chi connectivity index (χ1n) is 3.62. The summed E-state index contributed by atoms with van der Waals surface area (Å²) in [6.07, 6.45) is 0. The number of aliphatic carboxylic acids is 1. The summed E-state index contributed by atoms with van der Waals surface area (Å²) in [5, 5.41) is 9.81. The number of benzene rings is 1. The van der Waals surface area contributed by atoms with E-state index in [4.69, 9.17) is 0 Å². The van der Waals surface area contributed by atoms with Crippen LogP contribution in [0.5, 0.6) is 0 Å². The van der Waals surface area contributed by atoms with Gasteiger partial charge in [0.15, 0.2) is 0 Å². The van der Waals surface area contributed by atoms with Crippen molar-refractivity contribution in [2.75, 3.05) is 5.75 Å². The summed E-state index contributed by atoms with van der Waals surface area (Å²) in [5.41, 5.74) is 0.508. The van der Waals surface area contributed by atoms with Gasteiger partial charge in [-0.15, -0.1) is 0 Å². The van der Waals surface area contributed by atoms with E-state index in [1.165, 1.54) is 0 Å². The fourth-order valence-electron chi connectivity index (χ4n) is 0.782. The first-order valence-corrected chi connectivity index (χ1v) is 4.61. The first kappa shape index (κ1) is 13.7. The maximum Gasteiger partial charge on any atom is 1.00 e. The second-order valence-electron chi connectivity index (χ2n) is 2.31. The fraction of sp³-hybridized carbons (Fsp3) is 0.111. The Hall–Kier alpha value is -0.290. The second kappa shape index (κ2) is 7.06. The molecule has 0 atom stereocenters. The van der Waals surface area contributed by atoms with Gasteiger partial charge in [-0.05, 0) is 0 Å². The van der Waals surface area contributed by atoms with E-state index >= 15 is 0 Å². The van der Waals surface area contributed by atoms with Crippen molar-refractivity contribution in [3.05, 3.63) is 35.9 Å². The number of rotatable bonds is 3. The average molecular weight is 218 g/mol. The van der Waals surface area contributed by atoms with Crippen LogP contribution in [0.15, 0.2) is 30.3 Å². The zero-order valence-corrected chi connectivity index (χ0v) is 10.5. The minimum atomic E-state index is -1.23. The molecule has 0 N–H and O–H groups in total. The molecule has 0 aromatic heterocycles. The van der Waals surface area contributed by atoms with Crippen LogP contribution in [0.4, 0.5) is 0 Å². The standard InChI is InChI=1S/C9H8O3S.Na/c10-8(11)6-13-9(12)7-4-2-1-3-5-7;/h1-5H,6H2,(H,10,11);/q;+1/p-1. The van der Waals surface area contributed by atoms with Gasteiger partial charge in [-0.3, -0.25) is 4.79 Å². The third-order valence-electron chi connectivity index (χ3n) is 1.33. The molecule has 1 rings (SSSR count). The van der Waals surface area contributed by atoms with Crippen LogP contribution in [-0.4, -0.2) is 16.8 Å². The van der Waals surface area contributed by atoms with Gasteiger partial charge in [-0.1, -0.05) is 42.1 Å². The Balaban J connectivity index is 0.00000169. The van der Waals surface area contributed by atoms with Crippen molar-refractivity contribution in [3.63, 3.8) is 0 Å². The van der Waals surface area contributed by atoms with Crippen molar-refractivity contribution in [2.45, 2.75) is 0 Å². The summed E-state index contributed by atoms with van der Waals surface area (Å²) >= 11 is 0.737. The molecule has 0 amide bonds. The summed E-state index contributed by atoms with van der Waals surface area (Å²) in [6, 6.07) is 8.54. The molecule has 14 heavy (non-hydrogen) atoms. The van der Waals surface area contributed by atoms with Crippen LogP contribution in [0.3, 0.4) is 0 Å². The van der Waals surface area contributed by atoms with E-state index in [0.717, 1.165) is 11.8 Å². The van der Waals surface area contributed by atoms with Crippen molar-refractivity contribution in [1.29, 1.82) is 0 Å². The van der Waals surface area contributed by atoms with Gasteiger partial charge in [0, 0.05) is 11.3 Å². The predicted molar refractivity (Wildman–Crippen MR) is 48.2 cm³/mol. The number of hydrogen-bond acceptors (Lipinski definition) is 4. The molecular formula is C9H7NaO3S. The average Bonchev–Trinajstić information content (AvgIpc) is 2.15. The number of carboxylic acid groups (broad SMARTS) is 1. The van der Waals surface area contributed by atoms with E-state index in [0.29, 0.717) is 5.56 Å².